The quantitative estimate of drug-likeness (QED) is 0.450. The van der Waals surface area contributed by atoms with E-state index in [9.17, 15) is 5.26 Å². The van der Waals surface area contributed by atoms with Gasteiger partial charge in [0.05, 0.1) is 27.2 Å². The molecule has 0 saturated carbocycles. The number of hydrogen-bond acceptors (Lipinski definition) is 2. The Morgan fingerprint density at radius 2 is 1.77 bits per heavy atom. The van der Waals surface area contributed by atoms with Gasteiger partial charge < -0.3 is 4.74 Å². The van der Waals surface area contributed by atoms with Gasteiger partial charge in [-0.3, -0.25) is 0 Å². The molecule has 2 nitrogen and oxygen atoms in total. The van der Waals surface area contributed by atoms with Crippen LogP contribution in [0.5, 0.6) is 5.75 Å². The highest BCUT2D eigenvalue weighted by atomic mass is 79.9. The van der Waals surface area contributed by atoms with E-state index < -0.39 is 0 Å². The number of ether oxygens (including phenoxy) is 1. The monoisotopic (exact) mass is 419 g/mol. The van der Waals surface area contributed by atoms with Crippen molar-refractivity contribution < 1.29 is 4.74 Å². The van der Waals surface area contributed by atoms with E-state index in [-0.39, 0.29) is 0 Å². The molecule has 2 rings (SSSR count). The number of allylic oxidation sites excluding steroid dienone is 1. The summed E-state index contributed by atoms with van der Waals surface area (Å²) in [4.78, 5) is 0. The molecule has 2 aromatic rings. The first-order chi connectivity index (χ1) is 10.5. The molecule has 0 saturated heterocycles. The molecule has 4 heteroatoms. The second kappa shape index (κ2) is 7.62. The van der Waals surface area contributed by atoms with Crippen molar-refractivity contribution >= 4 is 43.5 Å². The van der Waals surface area contributed by atoms with Crippen molar-refractivity contribution in [2.45, 2.75) is 13.8 Å². The predicted molar refractivity (Wildman–Crippen MR) is 97.7 cm³/mol. The molecule has 0 aliphatic rings. The molecule has 2 aromatic carbocycles. The lowest BCUT2D eigenvalue weighted by Crippen LogP contribution is -1.94. The fraction of sp³-hybridized carbons (Fsp3) is 0.167. The van der Waals surface area contributed by atoms with Crippen molar-refractivity contribution in [3.05, 3.63) is 62.0 Å². The van der Waals surface area contributed by atoms with Gasteiger partial charge in [0, 0.05) is 0 Å². The topological polar surface area (TPSA) is 33.0 Å². The van der Waals surface area contributed by atoms with Crippen molar-refractivity contribution in [3.8, 4) is 11.8 Å². The van der Waals surface area contributed by atoms with E-state index in [1.54, 1.807) is 0 Å². The molecule has 0 heterocycles. The van der Waals surface area contributed by atoms with E-state index in [4.69, 9.17) is 4.74 Å². The molecule has 0 aliphatic carbocycles. The van der Waals surface area contributed by atoms with Crippen LogP contribution in [0.2, 0.25) is 0 Å². The Kier molecular flexibility index (Phi) is 5.82. The molecule has 112 valence electrons. The highest BCUT2D eigenvalue weighted by Crippen LogP contribution is 2.35. The third-order valence-electron chi connectivity index (χ3n) is 3.10. The Balaban J connectivity index is 2.42. The first-order valence-corrected chi connectivity index (χ1v) is 8.44. The van der Waals surface area contributed by atoms with Gasteiger partial charge in [0.2, 0.25) is 0 Å². The summed E-state index contributed by atoms with van der Waals surface area (Å²) in [5.41, 5.74) is 3.64. The van der Waals surface area contributed by atoms with Crippen LogP contribution in [-0.4, -0.2) is 6.61 Å². The van der Waals surface area contributed by atoms with Crippen molar-refractivity contribution in [1.82, 2.24) is 0 Å². The minimum absolute atomic E-state index is 0.596. The van der Waals surface area contributed by atoms with Crippen LogP contribution in [0.15, 0.2) is 45.3 Å². The van der Waals surface area contributed by atoms with Crippen molar-refractivity contribution in [3.63, 3.8) is 0 Å². The lowest BCUT2D eigenvalue weighted by molar-refractivity contribution is 0.336. The molecule has 0 aliphatic heterocycles. The van der Waals surface area contributed by atoms with E-state index in [0.717, 1.165) is 25.8 Å². The van der Waals surface area contributed by atoms with Gasteiger partial charge in [-0.05, 0) is 75.0 Å². The number of benzene rings is 2. The minimum atomic E-state index is 0.596. The van der Waals surface area contributed by atoms with E-state index in [1.807, 2.05) is 56.3 Å². The van der Waals surface area contributed by atoms with Gasteiger partial charge >= 0.3 is 0 Å². The van der Waals surface area contributed by atoms with Crippen molar-refractivity contribution in [2.24, 2.45) is 0 Å². The zero-order valence-corrected chi connectivity index (χ0v) is 15.5. The van der Waals surface area contributed by atoms with Crippen LogP contribution in [0.1, 0.15) is 23.6 Å². The van der Waals surface area contributed by atoms with Gasteiger partial charge in [-0.15, -0.1) is 0 Å². The maximum Gasteiger partial charge on any atom is 0.147 e. The Hall–Kier alpha value is -1.57. The zero-order valence-electron chi connectivity index (χ0n) is 12.4. The maximum absolute atomic E-state index is 9.42. The molecular formula is C18H15Br2NO. The van der Waals surface area contributed by atoms with Crippen LogP contribution in [0, 0.1) is 18.3 Å². The molecule has 0 aromatic heterocycles. The van der Waals surface area contributed by atoms with Crippen LogP contribution in [0.3, 0.4) is 0 Å². The van der Waals surface area contributed by atoms with Gasteiger partial charge in [-0.1, -0.05) is 29.8 Å². The van der Waals surface area contributed by atoms with Crippen molar-refractivity contribution in [2.75, 3.05) is 6.61 Å². The third-order valence-corrected chi connectivity index (χ3v) is 4.28. The standard InChI is InChI=1S/C18H15Br2NO/c1-3-22-18-16(19)9-13(10-17(18)20)8-15(11-21)14-6-4-12(2)5-7-14/h4-10H,3H2,1-2H3/b15-8+. The molecule has 22 heavy (non-hydrogen) atoms. The first kappa shape index (κ1) is 16.8. The van der Waals surface area contributed by atoms with Gasteiger partial charge in [0.25, 0.3) is 0 Å². The Bertz CT molecular complexity index is 720. The lowest BCUT2D eigenvalue weighted by atomic mass is 10.0. The smallest absolute Gasteiger partial charge is 0.147 e. The Morgan fingerprint density at radius 3 is 2.27 bits per heavy atom. The molecule has 0 amide bonds. The van der Waals surface area contributed by atoms with Gasteiger partial charge in [-0.25, -0.2) is 0 Å². The summed E-state index contributed by atoms with van der Waals surface area (Å²) in [5, 5.41) is 9.42. The van der Waals surface area contributed by atoms with Crippen LogP contribution in [-0.2, 0) is 0 Å². The number of halogens is 2. The first-order valence-electron chi connectivity index (χ1n) is 6.85. The van der Waals surface area contributed by atoms with E-state index in [1.165, 1.54) is 5.56 Å². The zero-order chi connectivity index (χ0) is 16.1. The summed E-state index contributed by atoms with van der Waals surface area (Å²) in [6.07, 6.45) is 1.87. The van der Waals surface area contributed by atoms with Crippen molar-refractivity contribution in [1.29, 1.82) is 5.26 Å². The number of aryl methyl sites for hydroxylation is 1. The summed E-state index contributed by atoms with van der Waals surface area (Å²) in [7, 11) is 0. The highest BCUT2D eigenvalue weighted by Gasteiger charge is 2.09. The maximum atomic E-state index is 9.42. The summed E-state index contributed by atoms with van der Waals surface area (Å²) in [6.45, 7) is 4.57. The molecule has 0 atom stereocenters. The van der Waals surface area contributed by atoms with Gasteiger partial charge in [-0.2, -0.15) is 5.26 Å². The van der Waals surface area contributed by atoms with Crippen LogP contribution in [0.4, 0.5) is 0 Å². The summed E-state index contributed by atoms with van der Waals surface area (Å²) in [6, 6.07) is 14.1. The van der Waals surface area contributed by atoms with Crippen LogP contribution < -0.4 is 4.74 Å². The minimum Gasteiger partial charge on any atom is -0.492 e. The van der Waals surface area contributed by atoms with E-state index in [0.29, 0.717) is 12.2 Å². The number of nitriles is 1. The normalized spacial score (nSPS) is 11.1. The van der Waals surface area contributed by atoms with Gasteiger partial charge in [0.15, 0.2) is 0 Å². The molecule has 0 spiro atoms. The molecule has 0 fully saturated rings. The highest BCUT2D eigenvalue weighted by molar-refractivity contribution is 9.11. The van der Waals surface area contributed by atoms with E-state index in [2.05, 4.69) is 37.9 Å². The number of rotatable bonds is 4. The fourth-order valence-corrected chi connectivity index (χ4v) is 3.48. The average Bonchev–Trinajstić information content (AvgIpc) is 2.49. The number of nitrogens with zero attached hydrogens (tertiary/aromatic N) is 1. The van der Waals surface area contributed by atoms with Gasteiger partial charge in [0.1, 0.15) is 5.75 Å². The third kappa shape index (κ3) is 4.00. The summed E-state index contributed by atoms with van der Waals surface area (Å²) >= 11 is 7.02. The van der Waals surface area contributed by atoms with Crippen LogP contribution >= 0.6 is 31.9 Å². The summed E-state index contributed by atoms with van der Waals surface area (Å²) < 4.78 is 7.29. The second-order valence-electron chi connectivity index (χ2n) is 4.78. The Labute approximate surface area is 147 Å². The molecule has 0 N–H and O–H groups in total. The molecular weight excluding hydrogens is 406 g/mol. The molecule has 0 radical (unpaired) electrons. The predicted octanol–water partition coefficient (Wildman–Crippen LogP) is 5.98. The lowest BCUT2D eigenvalue weighted by Gasteiger charge is -2.09. The van der Waals surface area contributed by atoms with E-state index >= 15 is 0 Å². The molecule has 0 bridgehead atoms. The largest absolute Gasteiger partial charge is 0.492 e. The Morgan fingerprint density at radius 1 is 1.18 bits per heavy atom. The second-order valence-corrected chi connectivity index (χ2v) is 6.49. The SMILES string of the molecule is CCOc1c(Br)cc(/C=C(\C#N)c2ccc(C)cc2)cc1Br. The molecule has 0 unspecified atom stereocenters. The average molecular weight is 421 g/mol. The summed E-state index contributed by atoms with van der Waals surface area (Å²) in [5.74, 6) is 0.772. The van der Waals surface area contributed by atoms with Crippen LogP contribution in [0.25, 0.3) is 11.6 Å². The fourth-order valence-electron chi connectivity index (χ4n) is 2.02. The number of hydrogen-bond donors (Lipinski definition) is 0.